The van der Waals surface area contributed by atoms with Gasteiger partial charge in [-0.15, -0.1) is 0 Å². The van der Waals surface area contributed by atoms with E-state index in [4.69, 9.17) is 9.47 Å². The molecule has 0 spiro atoms. The van der Waals surface area contributed by atoms with Gasteiger partial charge in [-0.3, -0.25) is 19.2 Å². The number of fused-ring (bicyclic) bond motifs is 4. The number of hydrogen-bond donors (Lipinski definition) is 5. The van der Waals surface area contributed by atoms with Crippen molar-refractivity contribution in [2.24, 2.45) is 0 Å². The van der Waals surface area contributed by atoms with Crippen molar-refractivity contribution in [1.82, 2.24) is 0 Å². The molecule has 2 aliphatic carbocycles. The summed E-state index contributed by atoms with van der Waals surface area (Å²) in [7, 11) is 2.51. The fraction of sp³-hybridized carbons (Fsp3) is 0.0968. The van der Waals surface area contributed by atoms with Crippen molar-refractivity contribution in [2.75, 3.05) is 14.2 Å². The van der Waals surface area contributed by atoms with Gasteiger partial charge in [0, 0.05) is 45.3 Å². The minimum atomic E-state index is -0.964. The summed E-state index contributed by atoms with van der Waals surface area (Å²) in [6.45, 7) is 1.39. The first-order valence-electron chi connectivity index (χ1n) is 12.4. The molecule has 210 valence electrons. The van der Waals surface area contributed by atoms with E-state index in [1.54, 1.807) is 0 Å². The van der Waals surface area contributed by atoms with Crippen LogP contribution in [0.25, 0.3) is 21.9 Å². The zero-order chi connectivity index (χ0) is 30.4. The molecular weight excluding hydrogens is 548 g/mol. The summed E-state index contributed by atoms with van der Waals surface area (Å²) in [5.41, 5.74) is -2.87. The molecule has 0 amide bonds. The Hall–Kier alpha value is -5.84. The highest BCUT2D eigenvalue weighted by Crippen LogP contribution is 2.54. The van der Waals surface area contributed by atoms with Gasteiger partial charge in [-0.25, -0.2) is 0 Å². The fourth-order valence-corrected chi connectivity index (χ4v) is 5.68. The van der Waals surface area contributed by atoms with Crippen LogP contribution >= 0.6 is 0 Å². The predicted octanol–water partition coefficient (Wildman–Crippen LogP) is 4.15. The summed E-state index contributed by atoms with van der Waals surface area (Å²) in [5, 5.41) is 53.9. The van der Waals surface area contributed by atoms with Crippen LogP contribution in [0.1, 0.15) is 59.5 Å². The van der Waals surface area contributed by atoms with E-state index < -0.39 is 68.6 Å². The number of Topliss-reactive ketones (excluding diaryl/α,β-unsaturated/α-hetero) is 1. The normalized spacial score (nSPS) is 13.9. The smallest absolute Gasteiger partial charge is 0.202 e. The average Bonchev–Trinajstić information content (AvgIpc) is 2.93. The molecule has 0 saturated carbocycles. The summed E-state index contributed by atoms with van der Waals surface area (Å²) in [5.74, 6) is -6.54. The third kappa shape index (κ3) is 3.33. The molecule has 0 aromatic heterocycles. The van der Waals surface area contributed by atoms with E-state index in [-0.39, 0.29) is 55.7 Å². The van der Waals surface area contributed by atoms with Gasteiger partial charge in [0.1, 0.15) is 40.2 Å². The van der Waals surface area contributed by atoms with Gasteiger partial charge in [0.25, 0.3) is 0 Å². The maximum atomic E-state index is 13.7. The van der Waals surface area contributed by atoms with E-state index in [2.05, 4.69) is 0 Å². The van der Waals surface area contributed by atoms with Crippen molar-refractivity contribution in [1.29, 1.82) is 0 Å². The van der Waals surface area contributed by atoms with Crippen molar-refractivity contribution in [2.45, 2.75) is 6.92 Å². The van der Waals surface area contributed by atoms with Crippen LogP contribution in [0, 0.1) is 0 Å². The van der Waals surface area contributed by atoms with E-state index in [0.29, 0.717) is 0 Å². The van der Waals surface area contributed by atoms with Crippen LogP contribution in [0.2, 0.25) is 0 Å². The number of benzene rings is 4. The van der Waals surface area contributed by atoms with Crippen molar-refractivity contribution >= 4 is 33.9 Å². The topological polar surface area (TPSA) is 188 Å². The molecule has 0 fully saturated rings. The van der Waals surface area contributed by atoms with Crippen LogP contribution in [0.5, 0.6) is 40.2 Å². The number of methoxy groups -OCH3 is 2. The third-order valence-corrected chi connectivity index (χ3v) is 7.53. The Morgan fingerprint density at radius 1 is 0.595 bits per heavy atom. The van der Waals surface area contributed by atoms with Crippen molar-refractivity contribution in [3.05, 3.63) is 75.4 Å². The first kappa shape index (κ1) is 26.4. The number of phenolic OH excluding ortho intramolecular Hbond substituents is 5. The first-order chi connectivity index (χ1) is 19.9. The average molecular weight is 568 g/mol. The molecule has 42 heavy (non-hydrogen) atoms. The summed E-state index contributed by atoms with van der Waals surface area (Å²) >= 11 is 0. The molecule has 4 aromatic carbocycles. The molecule has 0 atom stereocenters. The van der Waals surface area contributed by atoms with Gasteiger partial charge >= 0.3 is 0 Å². The number of phenols is 5. The number of allylic oxidation sites excluding steroid dienone is 2. The minimum absolute atomic E-state index is 0.0148. The minimum Gasteiger partial charge on any atom is -0.508 e. The van der Waals surface area contributed by atoms with Gasteiger partial charge in [-0.05, 0) is 31.2 Å². The van der Waals surface area contributed by atoms with Crippen LogP contribution in [0.4, 0.5) is 0 Å². The maximum absolute atomic E-state index is 13.7. The largest absolute Gasteiger partial charge is 0.508 e. The quantitative estimate of drug-likeness (QED) is 0.210. The molecule has 6 rings (SSSR count). The maximum Gasteiger partial charge on any atom is 0.202 e. The van der Waals surface area contributed by atoms with E-state index in [1.165, 1.54) is 33.3 Å². The van der Waals surface area contributed by atoms with Crippen LogP contribution in [0.15, 0.2) is 42.0 Å². The molecule has 0 radical (unpaired) electrons. The Labute approximate surface area is 236 Å². The van der Waals surface area contributed by atoms with Crippen molar-refractivity contribution < 1.29 is 54.2 Å². The van der Waals surface area contributed by atoms with Gasteiger partial charge in [0.2, 0.25) is 5.78 Å². The fourth-order valence-electron chi connectivity index (χ4n) is 5.68. The molecule has 5 N–H and O–H groups in total. The standard InChI is InChI=1S/C31H20O11/c1-10-4-16(33)24-26(27(10)36)22(13-7-12(41-2)8-18(35)20(13)30(24)39)25-19(42-3)9-15-23(31(25)40)29(38)21-14(28(15)37)5-11(32)6-17(21)34/h4-9,32,34-35,39-40H,1-3H3. The van der Waals surface area contributed by atoms with Crippen molar-refractivity contribution in [3.63, 3.8) is 0 Å². The third-order valence-electron chi connectivity index (χ3n) is 7.53. The molecule has 0 unspecified atom stereocenters. The number of carbonyl (C=O) groups is 4. The molecule has 11 nitrogen and oxygen atoms in total. The van der Waals surface area contributed by atoms with E-state index in [1.807, 2.05) is 0 Å². The van der Waals surface area contributed by atoms with Gasteiger partial charge < -0.3 is 35.0 Å². The zero-order valence-corrected chi connectivity index (χ0v) is 22.1. The molecule has 0 heterocycles. The van der Waals surface area contributed by atoms with Crippen LogP contribution in [-0.2, 0) is 0 Å². The lowest BCUT2D eigenvalue weighted by atomic mass is 9.77. The number of rotatable bonds is 3. The van der Waals surface area contributed by atoms with Crippen LogP contribution < -0.4 is 9.47 Å². The van der Waals surface area contributed by atoms with Crippen LogP contribution in [-0.4, -0.2) is 62.9 Å². The molecular formula is C31H20O11. The number of ketones is 4. The molecule has 4 aromatic rings. The summed E-state index contributed by atoms with van der Waals surface area (Å²) in [6, 6.07) is 5.56. The first-order valence-corrected chi connectivity index (χ1v) is 12.4. The highest BCUT2D eigenvalue weighted by Gasteiger charge is 2.40. The Balaban J connectivity index is 1.82. The Bertz CT molecular complexity index is 2030. The van der Waals surface area contributed by atoms with Crippen molar-refractivity contribution in [3.8, 4) is 51.4 Å². The lowest BCUT2D eigenvalue weighted by molar-refractivity contribution is 0.0973. The lowest BCUT2D eigenvalue weighted by Gasteiger charge is -2.26. The Kier molecular flexibility index (Phi) is 5.55. The lowest BCUT2D eigenvalue weighted by Crippen LogP contribution is -2.22. The second-order valence-corrected chi connectivity index (χ2v) is 9.83. The summed E-state index contributed by atoms with van der Waals surface area (Å²) in [4.78, 5) is 53.9. The van der Waals surface area contributed by atoms with Crippen LogP contribution in [0.3, 0.4) is 0 Å². The molecule has 2 aliphatic rings. The number of hydrogen-bond acceptors (Lipinski definition) is 11. The van der Waals surface area contributed by atoms with Gasteiger partial charge in [0.05, 0.1) is 41.9 Å². The molecule has 11 heteroatoms. The number of ether oxygens (including phenoxy) is 2. The van der Waals surface area contributed by atoms with E-state index in [0.717, 1.165) is 24.3 Å². The van der Waals surface area contributed by atoms with E-state index >= 15 is 0 Å². The second kappa shape index (κ2) is 8.83. The van der Waals surface area contributed by atoms with Gasteiger partial charge in [-0.2, -0.15) is 0 Å². The van der Waals surface area contributed by atoms with E-state index in [9.17, 15) is 44.7 Å². The van der Waals surface area contributed by atoms with Gasteiger partial charge in [-0.1, -0.05) is 0 Å². The zero-order valence-electron chi connectivity index (χ0n) is 22.1. The second-order valence-electron chi connectivity index (χ2n) is 9.83. The summed E-state index contributed by atoms with van der Waals surface area (Å²) in [6.07, 6.45) is 1.03. The number of carbonyl (C=O) groups excluding carboxylic acids is 4. The monoisotopic (exact) mass is 568 g/mol. The van der Waals surface area contributed by atoms with Gasteiger partial charge in [0.15, 0.2) is 17.3 Å². The summed E-state index contributed by atoms with van der Waals surface area (Å²) < 4.78 is 10.8. The highest BCUT2D eigenvalue weighted by molar-refractivity contribution is 6.34. The predicted molar refractivity (Wildman–Crippen MR) is 147 cm³/mol. The Morgan fingerprint density at radius 3 is 1.95 bits per heavy atom. The SMILES string of the molecule is COc1cc(O)c2c(O)c3c(c(-c4c(OC)cc5c(c4O)C(=O)c4c(O)cc(O)cc4C5=O)c2c1)C(=O)C(C)=CC3=O. The highest BCUT2D eigenvalue weighted by atomic mass is 16.5. The number of aromatic hydroxyl groups is 5. The molecule has 0 aliphatic heterocycles. The molecule has 0 saturated heterocycles. The molecule has 0 bridgehead atoms. The Morgan fingerprint density at radius 2 is 1.29 bits per heavy atom.